The minimum atomic E-state index is 0.128. The quantitative estimate of drug-likeness (QED) is 0.707. The van der Waals surface area contributed by atoms with E-state index in [1.54, 1.807) is 11.9 Å². The lowest BCUT2D eigenvalue weighted by Crippen LogP contribution is -2.35. The van der Waals surface area contributed by atoms with Crippen molar-refractivity contribution in [3.63, 3.8) is 0 Å². The molecule has 0 saturated heterocycles. The fraction of sp³-hybridized carbons (Fsp3) is 0.500. The third-order valence-electron chi connectivity index (χ3n) is 2.15. The van der Waals surface area contributed by atoms with Gasteiger partial charge in [0, 0.05) is 26.0 Å². The Balaban J connectivity index is 2.27. The molecule has 1 heterocycles. The zero-order chi connectivity index (χ0) is 10.4. The van der Waals surface area contributed by atoms with Crippen molar-refractivity contribution in [1.29, 1.82) is 0 Å². The predicted molar refractivity (Wildman–Crippen MR) is 56.1 cm³/mol. The molecule has 4 nitrogen and oxygen atoms in total. The third kappa shape index (κ3) is 3.22. The van der Waals surface area contributed by atoms with Gasteiger partial charge in [-0.2, -0.15) is 0 Å². The van der Waals surface area contributed by atoms with Gasteiger partial charge in [-0.3, -0.25) is 4.79 Å². The molecule has 1 rings (SSSR count). The molecule has 0 saturated carbocycles. The molecule has 1 aromatic heterocycles. The Morgan fingerprint density at radius 1 is 1.64 bits per heavy atom. The molecular weight excluding hydrogens is 178 g/mol. The van der Waals surface area contributed by atoms with E-state index in [1.807, 2.05) is 25.5 Å². The van der Waals surface area contributed by atoms with Crippen molar-refractivity contribution in [3.05, 3.63) is 24.0 Å². The first-order valence-electron chi connectivity index (χ1n) is 4.74. The zero-order valence-electron chi connectivity index (χ0n) is 8.71. The molecule has 14 heavy (non-hydrogen) atoms. The van der Waals surface area contributed by atoms with Gasteiger partial charge in [-0.05, 0) is 25.1 Å². The highest BCUT2D eigenvalue weighted by Gasteiger charge is 2.06. The molecule has 0 aliphatic rings. The van der Waals surface area contributed by atoms with Gasteiger partial charge in [0.05, 0.1) is 6.54 Å². The van der Waals surface area contributed by atoms with Crippen LogP contribution < -0.4 is 5.32 Å². The van der Waals surface area contributed by atoms with Crippen LogP contribution in [0.2, 0.25) is 0 Å². The maximum Gasteiger partial charge on any atom is 0.236 e. The zero-order valence-corrected chi connectivity index (χ0v) is 8.71. The van der Waals surface area contributed by atoms with Gasteiger partial charge in [0.15, 0.2) is 0 Å². The number of nitrogens with one attached hydrogen (secondary N) is 2. The summed E-state index contributed by atoms with van der Waals surface area (Å²) in [6.07, 6.45) is 4.75. The lowest BCUT2D eigenvalue weighted by Gasteiger charge is -2.16. The molecule has 0 radical (unpaired) electrons. The Hall–Kier alpha value is -1.29. The van der Waals surface area contributed by atoms with Crippen molar-refractivity contribution >= 4 is 5.91 Å². The van der Waals surface area contributed by atoms with Crippen LogP contribution in [0.1, 0.15) is 5.56 Å². The standard InChI is InChI=1S/C10H17N3O/c1-11-8-10(14)13(2)6-4-9-3-5-12-7-9/h3,5,7,11-12H,4,6,8H2,1-2H3. The van der Waals surface area contributed by atoms with E-state index in [9.17, 15) is 4.79 Å². The van der Waals surface area contributed by atoms with Gasteiger partial charge in [0.2, 0.25) is 5.91 Å². The number of hydrogen-bond acceptors (Lipinski definition) is 2. The highest BCUT2D eigenvalue weighted by molar-refractivity contribution is 5.77. The first-order chi connectivity index (χ1) is 6.74. The second kappa shape index (κ2) is 5.44. The first-order valence-corrected chi connectivity index (χ1v) is 4.74. The average molecular weight is 195 g/mol. The van der Waals surface area contributed by atoms with Gasteiger partial charge in [0.25, 0.3) is 0 Å². The molecule has 0 aromatic carbocycles. The molecule has 4 heteroatoms. The summed E-state index contributed by atoms with van der Waals surface area (Å²) in [6.45, 7) is 1.17. The molecule has 1 aromatic rings. The van der Waals surface area contributed by atoms with E-state index in [4.69, 9.17) is 0 Å². The Morgan fingerprint density at radius 2 is 2.43 bits per heavy atom. The molecular formula is C10H17N3O. The summed E-state index contributed by atoms with van der Waals surface area (Å²) >= 11 is 0. The molecule has 0 aliphatic carbocycles. The minimum Gasteiger partial charge on any atom is -0.367 e. The van der Waals surface area contributed by atoms with Crippen molar-refractivity contribution < 1.29 is 4.79 Å². The molecule has 1 amide bonds. The van der Waals surface area contributed by atoms with Crippen LogP contribution in [0.3, 0.4) is 0 Å². The lowest BCUT2D eigenvalue weighted by atomic mass is 10.2. The molecule has 0 unspecified atom stereocenters. The number of likely N-dealkylation sites (N-methyl/N-ethyl adjacent to an activating group) is 2. The Morgan fingerprint density at radius 3 is 3.00 bits per heavy atom. The fourth-order valence-electron chi connectivity index (χ4n) is 1.22. The van der Waals surface area contributed by atoms with Gasteiger partial charge in [-0.15, -0.1) is 0 Å². The van der Waals surface area contributed by atoms with E-state index in [1.165, 1.54) is 5.56 Å². The number of aromatic nitrogens is 1. The van der Waals surface area contributed by atoms with Gasteiger partial charge < -0.3 is 15.2 Å². The van der Waals surface area contributed by atoms with E-state index in [0.29, 0.717) is 6.54 Å². The van der Waals surface area contributed by atoms with Gasteiger partial charge >= 0.3 is 0 Å². The van der Waals surface area contributed by atoms with E-state index in [-0.39, 0.29) is 5.91 Å². The second-order valence-electron chi connectivity index (χ2n) is 3.31. The van der Waals surface area contributed by atoms with Crippen LogP contribution >= 0.6 is 0 Å². The summed E-state index contributed by atoms with van der Waals surface area (Å²) in [5, 5.41) is 2.84. The third-order valence-corrected chi connectivity index (χ3v) is 2.15. The maximum absolute atomic E-state index is 11.4. The number of carbonyl (C=O) groups excluding carboxylic acids is 1. The summed E-state index contributed by atoms with van der Waals surface area (Å²) in [4.78, 5) is 16.1. The lowest BCUT2D eigenvalue weighted by molar-refractivity contribution is -0.128. The molecule has 0 bridgehead atoms. The Labute approximate surface area is 84.3 Å². The number of rotatable bonds is 5. The summed E-state index contributed by atoms with van der Waals surface area (Å²) in [7, 11) is 3.60. The van der Waals surface area contributed by atoms with Crippen LogP contribution in [0, 0.1) is 0 Å². The largest absolute Gasteiger partial charge is 0.367 e. The molecule has 0 spiro atoms. The fourth-order valence-corrected chi connectivity index (χ4v) is 1.22. The van der Waals surface area contributed by atoms with Gasteiger partial charge in [0.1, 0.15) is 0 Å². The van der Waals surface area contributed by atoms with Crippen LogP contribution in [-0.4, -0.2) is 43.0 Å². The van der Waals surface area contributed by atoms with Crippen molar-refractivity contribution in [1.82, 2.24) is 15.2 Å². The highest BCUT2D eigenvalue weighted by Crippen LogP contribution is 1.98. The molecule has 0 aliphatic heterocycles. The molecule has 2 N–H and O–H groups in total. The van der Waals surface area contributed by atoms with Crippen molar-refractivity contribution in [2.24, 2.45) is 0 Å². The number of nitrogens with zero attached hydrogens (tertiary/aromatic N) is 1. The van der Waals surface area contributed by atoms with E-state index >= 15 is 0 Å². The Bertz CT molecular complexity index is 269. The summed E-state index contributed by atoms with van der Waals surface area (Å²) in [5.74, 6) is 0.128. The minimum absolute atomic E-state index is 0.128. The van der Waals surface area contributed by atoms with E-state index in [2.05, 4.69) is 10.3 Å². The molecule has 0 atom stereocenters. The van der Waals surface area contributed by atoms with E-state index < -0.39 is 0 Å². The topological polar surface area (TPSA) is 48.1 Å². The van der Waals surface area contributed by atoms with Crippen LogP contribution in [0.4, 0.5) is 0 Å². The average Bonchev–Trinajstić information content (AvgIpc) is 2.67. The van der Waals surface area contributed by atoms with E-state index in [0.717, 1.165) is 13.0 Å². The number of hydrogen-bond donors (Lipinski definition) is 2. The predicted octanol–water partition coefficient (Wildman–Crippen LogP) is 0.235. The first kappa shape index (κ1) is 10.8. The normalized spacial score (nSPS) is 10.1. The number of H-pyrrole nitrogens is 1. The monoisotopic (exact) mass is 195 g/mol. The van der Waals surface area contributed by atoms with Gasteiger partial charge in [-0.25, -0.2) is 0 Å². The van der Waals surface area contributed by atoms with Crippen LogP contribution in [0.5, 0.6) is 0 Å². The molecule has 0 fully saturated rings. The van der Waals surface area contributed by atoms with Crippen molar-refractivity contribution in [2.45, 2.75) is 6.42 Å². The Kier molecular flexibility index (Phi) is 4.19. The van der Waals surface area contributed by atoms with Crippen molar-refractivity contribution in [3.8, 4) is 0 Å². The van der Waals surface area contributed by atoms with Crippen LogP contribution in [-0.2, 0) is 11.2 Å². The smallest absolute Gasteiger partial charge is 0.236 e. The van der Waals surface area contributed by atoms with Crippen LogP contribution in [0.15, 0.2) is 18.5 Å². The number of amides is 1. The second-order valence-corrected chi connectivity index (χ2v) is 3.31. The number of carbonyl (C=O) groups is 1. The molecule has 78 valence electrons. The maximum atomic E-state index is 11.4. The highest BCUT2D eigenvalue weighted by atomic mass is 16.2. The summed E-state index contributed by atoms with van der Waals surface area (Å²) < 4.78 is 0. The van der Waals surface area contributed by atoms with Crippen LogP contribution in [0.25, 0.3) is 0 Å². The van der Waals surface area contributed by atoms with Crippen molar-refractivity contribution in [2.75, 3.05) is 27.2 Å². The summed E-state index contributed by atoms with van der Waals surface area (Å²) in [6, 6.07) is 2.02. The van der Waals surface area contributed by atoms with Gasteiger partial charge in [-0.1, -0.05) is 0 Å². The SMILES string of the molecule is CNCC(=O)N(C)CCc1cc[nH]c1. The summed E-state index contributed by atoms with van der Waals surface area (Å²) in [5.41, 5.74) is 1.23. The number of aromatic amines is 1.